The minimum Gasteiger partial charge on any atom is -0.395 e. The van der Waals surface area contributed by atoms with E-state index in [-0.39, 0.29) is 0 Å². The topological polar surface area (TPSA) is 122 Å². The van der Waals surface area contributed by atoms with Gasteiger partial charge in [-0.05, 0) is 4.92 Å². The standard InChI is InChI=1S/C10H13F3N4O5/c11-10(12,13)7(19)5-15(3-4-18)8(20)6-16-2-1-14-9(16)17(21)22/h1-2,7,18-19H,3-6H2. The van der Waals surface area contributed by atoms with Crippen molar-refractivity contribution < 1.29 is 33.1 Å². The maximum atomic E-state index is 12.3. The molecule has 0 saturated carbocycles. The third kappa shape index (κ3) is 4.66. The van der Waals surface area contributed by atoms with Gasteiger partial charge in [-0.1, -0.05) is 4.98 Å². The van der Waals surface area contributed by atoms with Crippen LogP contribution in [0.15, 0.2) is 12.4 Å². The van der Waals surface area contributed by atoms with E-state index >= 15 is 0 Å². The number of aromatic nitrogens is 2. The second kappa shape index (κ2) is 7.17. The van der Waals surface area contributed by atoms with Crippen molar-refractivity contribution in [3.05, 3.63) is 22.5 Å². The van der Waals surface area contributed by atoms with Gasteiger partial charge in [0.2, 0.25) is 0 Å². The highest BCUT2D eigenvalue weighted by Gasteiger charge is 2.40. The molecule has 1 heterocycles. The number of amides is 1. The molecule has 1 aromatic heterocycles. The number of alkyl halides is 3. The van der Waals surface area contributed by atoms with Gasteiger partial charge in [0, 0.05) is 6.54 Å². The smallest absolute Gasteiger partial charge is 0.395 e. The van der Waals surface area contributed by atoms with Gasteiger partial charge in [-0.15, -0.1) is 0 Å². The maximum Gasteiger partial charge on any atom is 0.435 e. The van der Waals surface area contributed by atoms with Crippen LogP contribution >= 0.6 is 0 Å². The largest absolute Gasteiger partial charge is 0.435 e. The summed E-state index contributed by atoms with van der Waals surface area (Å²) >= 11 is 0. The van der Waals surface area contributed by atoms with Crippen molar-refractivity contribution in [1.29, 1.82) is 0 Å². The van der Waals surface area contributed by atoms with Crippen molar-refractivity contribution in [1.82, 2.24) is 14.5 Å². The van der Waals surface area contributed by atoms with Crippen LogP contribution in [0.25, 0.3) is 0 Å². The van der Waals surface area contributed by atoms with E-state index in [0.717, 1.165) is 17.0 Å². The molecule has 1 amide bonds. The first-order valence-electron chi connectivity index (χ1n) is 5.95. The molecule has 0 fully saturated rings. The summed E-state index contributed by atoms with van der Waals surface area (Å²) in [4.78, 5) is 25.6. The molecule has 0 saturated heterocycles. The van der Waals surface area contributed by atoms with E-state index in [1.165, 1.54) is 0 Å². The molecule has 2 N–H and O–H groups in total. The highest BCUT2D eigenvalue weighted by molar-refractivity contribution is 5.76. The molecule has 22 heavy (non-hydrogen) atoms. The second-order valence-electron chi connectivity index (χ2n) is 4.23. The number of hydrogen-bond acceptors (Lipinski definition) is 6. The summed E-state index contributed by atoms with van der Waals surface area (Å²) in [6.07, 6.45) is -5.52. The number of hydrogen-bond donors (Lipinski definition) is 2. The Morgan fingerprint density at radius 1 is 1.55 bits per heavy atom. The van der Waals surface area contributed by atoms with Gasteiger partial charge in [-0.2, -0.15) is 13.2 Å². The van der Waals surface area contributed by atoms with Gasteiger partial charge < -0.3 is 25.2 Å². The van der Waals surface area contributed by atoms with Crippen molar-refractivity contribution in [2.24, 2.45) is 0 Å². The fourth-order valence-corrected chi connectivity index (χ4v) is 1.59. The van der Waals surface area contributed by atoms with Crippen LogP contribution in [-0.4, -0.2) is 67.5 Å². The number of imidazole rings is 1. The van der Waals surface area contributed by atoms with Crippen LogP contribution in [-0.2, 0) is 11.3 Å². The summed E-state index contributed by atoms with van der Waals surface area (Å²) < 4.78 is 37.8. The van der Waals surface area contributed by atoms with Crippen LogP contribution < -0.4 is 0 Å². The Labute approximate surface area is 121 Å². The number of carbonyl (C=O) groups excluding carboxylic acids is 1. The van der Waals surface area contributed by atoms with E-state index in [2.05, 4.69) is 4.98 Å². The molecule has 0 spiro atoms. The summed E-state index contributed by atoms with van der Waals surface area (Å²) in [6.45, 7) is -2.79. The van der Waals surface area contributed by atoms with Crippen molar-refractivity contribution in [2.45, 2.75) is 18.8 Å². The Kier molecular flexibility index (Phi) is 5.82. The van der Waals surface area contributed by atoms with Gasteiger partial charge in [-0.3, -0.25) is 4.79 Å². The highest BCUT2D eigenvalue weighted by atomic mass is 19.4. The third-order valence-corrected chi connectivity index (χ3v) is 2.66. The molecule has 1 unspecified atom stereocenters. The minimum atomic E-state index is -4.92. The van der Waals surface area contributed by atoms with Crippen molar-refractivity contribution in [3.8, 4) is 0 Å². The average molecular weight is 326 g/mol. The highest BCUT2D eigenvalue weighted by Crippen LogP contribution is 2.21. The molecule has 0 aliphatic rings. The van der Waals surface area contributed by atoms with Crippen LogP contribution in [0.1, 0.15) is 0 Å². The molecule has 0 aliphatic heterocycles. The predicted molar refractivity (Wildman–Crippen MR) is 64.6 cm³/mol. The van der Waals surface area contributed by atoms with Crippen LogP contribution in [0.2, 0.25) is 0 Å². The number of nitro groups is 1. The molecular weight excluding hydrogens is 313 g/mol. The molecule has 0 radical (unpaired) electrons. The predicted octanol–water partition coefficient (Wildman–Crippen LogP) is -0.465. The van der Waals surface area contributed by atoms with Gasteiger partial charge in [-0.25, -0.2) is 4.57 Å². The number of rotatable bonds is 7. The fourth-order valence-electron chi connectivity index (χ4n) is 1.59. The summed E-state index contributed by atoms with van der Waals surface area (Å²) in [5, 5.41) is 28.4. The molecular formula is C10H13F3N4O5. The molecule has 1 atom stereocenters. The van der Waals surface area contributed by atoms with Crippen LogP contribution in [0.3, 0.4) is 0 Å². The fraction of sp³-hybridized carbons (Fsp3) is 0.600. The quantitative estimate of drug-likeness (QED) is 0.516. The zero-order chi connectivity index (χ0) is 16.9. The lowest BCUT2D eigenvalue weighted by Gasteiger charge is -2.25. The van der Waals surface area contributed by atoms with E-state index in [4.69, 9.17) is 10.2 Å². The SMILES string of the molecule is O=C(Cn1ccnc1[N+](=O)[O-])N(CCO)CC(O)C(F)(F)F. The molecule has 12 heteroatoms. The molecule has 1 aromatic rings. The summed E-state index contributed by atoms with van der Waals surface area (Å²) in [5.41, 5.74) is 0. The van der Waals surface area contributed by atoms with Gasteiger partial charge >= 0.3 is 12.1 Å². The van der Waals surface area contributed by atoms with Crippen molar-refractivity contribution >= 4 is 11.9 Å². The monoisotopic (exact) mass is 326 g/mol. The number of aliphatic hydroxyl groups is 2. The summed E-state index contributed by atoms with van der Waals surface area (Å²) in [7, 11) is 0. The summed E-state index contributed by atoms with van der Waals surface area (Å²) in [5.74, 6) is -1.58. The normalized spacial score (nSPS) is 13.0. The van der Waals surface area contributed by atoms with Gasteiger partial charge in [0.15, 0.2) is 12.6 Å². The maximum absolute atomic E-state index is 12.3. The number of aliphatic hydroxyl groups excluding tert-OH is 2. The first-order chi connectivity index (χ1) is 10.2. The van der Waals surface area contributed by atoms with Crippen molar-refractivity contribution in [3.63, 3.8) is 0 Å². The lowest BCUT2D eigenvalue weighted by atomic mass is 10.3. The van der Waals surface area contributed by atoms with E-state index in [1.54, 1.807) is 0 Å². The lowest BCUT2D eigenvalue weighted by molar-refractivity contribution is -0.396. The molecule has 1 rings (SSSR count). The third-order valence-electron chi connectivity index (χ3n) is 2.66. The first kappa shape index (κ1) is 17.8. The first-order valence-corrected chi connectivity index (χ1v) is 5.95. The van der Waals surface area contributed by atoms with Crippen LogP contribution in [0, 0.1) is 10.1 Å². The number of nitrogens with zero attached hydrogens (tertiary/aromatic N) is 4. The summed E-state index contributed by atoms with van der Waals surface area (Å²) in [6, 6.07) is 0. The second-order valence-corrected chi connectivity index (χ2v) is 4.23. The Morgan fingerprint density at radius 2 is 2.18 bits per heavy atom. The van der Waals surface area contributed by atoms with E-state index in [9.17, 15) is 28.1 Å². The molecule has 0 aliphatic carbocycles. The van der Waals surface area contributed by atoms with Crippen LogP contribution in [0.5, 0.6) is 0 Å². The van der Waals surface area contributed by atoms with Gasteiger partial charge in [0.1, 0.15) is 12.4 Å². The van der Waals surface area contributed by atoms with E-state index < -0.39 is 55.3 Å². The Bertz CT molecular complexity index is 533. The van der Waals surface area contributed by atoms with E-state index in [1.807, 2.05) is 0 Å². The Hall–Kier alpha value is -2.21. The number of carbonyl (C=O) groups is 1. The molecule has 124 valence electrons. The van der Waals surface area contributed by atoms with Gasteiger partial charge in [0.25, 0.3) is 5.91 Å². The lowest BCUT2D eigenvalue weighted by Crippen LogP contribution is -2.45. The molecule has 0 aromatic carbocycles. The van der Waals surface area contributed by atoms with Crippen molar-refractivity contribution in [2.75, 3.05) is 19.7 Å². The molecule has 9 nitrogen and oxygen atoms in total. The van der Waals surface area contributed by atoms with Gasteiger partial charge in [0.05, 0.1) is 13.2 Å². The Morgan fingerprint density at radius 3 is 2.68 bits per heavy atom. The Balaban J connectivity index is 2.81. The number of halogens is 3. The van der Waals surface area contributed by atoms with Crippen LogP contribution in [0.4, 0.5) is 19.1 Å². The zero-order valence-corrected chi connectivity index (χ0v) is 11.1. The minimum absolute atomic E-state index is 0.450. The molecule has 0 bridgehead atoms. The average Bonchev–Trinajstić information content (AvgIpc) is 2.85. The van der Waals surface area contributed by atoms with E-state index in [0.29, 0.717) is 4.90 Å². The zero-order valence-electron chi connectivity index (χ0n) is 11.1.